The predicted molar refractivity (Wildman–Crippen MR) is 56.8 cm³/mol. The lowest BCUT2D eigenvalue weighted by Crippen LogP contribution is -1.95. The van der Waals surface area contributed by atoms with E-state index in [2.05, 4.69) is 14.8 Å². The number of hydrogen-bond acceptors (Lipinski definition) is 3. The molecule has 0 bridgehead atoms. The average Bonchev–Trinajstić information content (AvgIpc) is 2.64. The van der Waals surface area contributed by atoms with Crippen molar-refractivity contribution in [3.8, 4) is 5.69 Å². The average molecular weight is 199 g/mol. The number of aromatic nitrogens is 3. The first-order valence-corrected chi connectivity index (χ1v) is 4.35. The molecule has 0 radical (unpaired) electrons. The minimum atomic E-state index is 0.285. The molecule has 0 aliphatic heterocycles. The molecule has 0 aliphatic rings. The first-order chi connectivity index (χ1) is 7.20. The summed E-state index contributed by atoms with van der Waals surface area (Å²) in [5.74, 6) is 0.633. The Morgan fingerprint density at radius 2 is 2.27 bits per heavy atom. The predicted octanol–water partition coefficient (Wildman–Crippen LogP) is 1.71. The van der Waals surface area contributed by atoms with Gasteiger partial charge in [-0.1, -0.05) is 6.57 Å². The molecule has 74 valence electrons. The number of nitrogens with two attached hydrogens (primary N) is 1. The van der Waals surface area contributed by atoms with Crippen LogP contribution in [0.4, 0.5) is 11.6 Å². The van der Waals surface area contributed by atoms with Crippen LogP contribution >= 0.6 is 0 Å². The number of nitrogen functional groups attached to an aromatic ring is 1. The van der Waals surface area contributed by atoms with E-state index in [1.807, 2.05) is 13.1 Å². The number of imidazole rings is 1. The van der Waals surface area contributed by atoms with Crippen LogP contribution in [0, 0.1) is 13.5 Å². The molecule has 5 nitrogen and oxygen atoms in total. The Kier molecular flexibility index (Phi) is 2.10. The van der Waals surface area contributed by atoms with E-state index in [1.165, 1.54) is 0 Å². The first-order valence-electron chi connectivity index (χ1n) is 4.35. The van der Waals surface area contributed by atoms with Gasteiger partial charge in [0.2, 0.25) is 5.82 Å². The normalized spacial score (nSPS) is 9.87. The van der Waals surface area contributed by atoms with Crippen molar-refractivity contribution >= 4 is 11.6 Å². The van der Waals surface area contributed by atoms with E-state index in [-0.39, 0.29) is 5.82 Å². The van der Waals surface area contributed by atoms with Crippen LogP contribution in [-0.4, -0.2) is 14.5 Å². The molecule has 0 aromatic carbocycles. The van der Waals surface area contributed by atoms with Crippen molar-refractivity contribution in [3.63, 3.8) is 0 Å². The molecule has 0 spiro atoms. The van der Waals surface area contributed by atoms with Crippen molar-refractivity contribution < 1.29 is 0 Å². The topological polar surface area (TPSA) is 61.1 Å². The van der Waals surface area contributed by atoms with Crippen molar-refractivity contribution in [1.82, 2.24) is 14.5 Å². The van der Waals surface area contributed by atoms with Crippen LogP contribution in [0.25, 0.3) is 10.5 Å². The van der Waals surface area contributed by atoms with E-state index in [1.54, 1.807) is 23.0 Å². The maximum Gasteiger partial charge on any atom is 0.295 e. The highest BCUT2D eigenvalue weighted by molar-refractivity contribution is 5.59. The summed E-state index contributed by atoms with van der Waals surface area (Å²) < 4.78 is 1.76. The molecule has 2 aromatic heterocycles. The van der Waals surface area contributed by atoms with Gasteiger partial charge in [-0.05, 0) is 13.0 Å². The molecule has 0 unspecified atom stereocenters. The monoisotopic (exact) mass is 199 g/mol. The standard InChI is InChI=1S/C10H9N5/c1-7-5-15(6-13-7)8-3-4-9(11)14-10(8)12-2/h3-6H,1H3,(H2,11,14). The summed E-state index contributed by atoms with van der Waals surface area (Å²) in [6, 6.07) is 3.43. The Morgan fingerprint density at radius 1 is 1.47 bits per heavy atom. The third-order valence-electron chi connectivity index (χ3n) is 1.97. The zero-order valence-corrected chi connectivity index (χ0v) is 8.18. The Morgan fingerprint density at radius 3 is 2.87 bits per heavy atom. The third kappa shape index (κ3) is 1.65. The fraction of sp³-hybridized carbons (Fsp3) is 0.100. The Hall–Kier alpha value is -2.35. The second-order valence-electron chi connectivity index (χ2n) is 3.11. The minimum absolute atomic E-state index is 0.285. The van der Waals surface area contributed by atoms with Crippen molar-refractivity contribution in [1.29, 1.82) is 0 Å². The fourth-order valence-corrected chi connectivity index (χ4v) is 1.29. The van der Waals surface area contributed by atoms with Crippen molar-refractivity contribution in [2.45, 2.75) is 6.92 Å². The highest BCUT2D eigenvalue weighted by Gasteiger charge is 2.07. The first kappa shape index (κ1) is 9.21. The quantitative estimate of drug-likeness (QED) is 0.711. The van der Waals surface area contributed by atoms with Crippen LogP contribution in [-0.2, 0) is 0 Å². The number of rotatable bonds is 1. The molecular formula is C10H9N5. The summed E-state index contributed by atoms with van der Waals surface area (Å²) in [6.07, 6.45) is 3.49. The lowest BCUT2D eigenvalue weighted by Gasteiger charge is -2.03. The molecule has 0 amide bonds. The maximum atomic E-state index is 7.01. The van der Waals surface area contributed by atoms with Crippen LogP contribution in [0.2, 0.25) is 0 Å². The summed E-state index contributed by atoms with van der Waals surface area (Å²) in [4.78, 5) is 11.4. The van der Waals surface area contributed by atoms with Crippen molar-refractivity contribution in [2.24, 2.45) is 0 Å². The van der Waals surface area contributed by atoms with Gasteiger partial charge in [-0.15, -0.1) is 4.98 Å². The summed E-state index contributed by atoms with van der Waals surface area (Å²) in [6.45, 7) is 8.90. The minimum Gasteiger partial charge on any atom is -0.364 e. The van der Waals surface area contributed by atoms with Gasteiger partial charge in [0.1, 0.15) is 0 Å². The van der Waals surface area contributed by atoms with Crippen LogP contribution in [0.15, 0.2) is 24.7 Å². The fourth-order valence-electron chi connectivity index (χ4n) is 1.29. The largest absolute Gasteiger partial charge is 0.364 e. The van der Waals surface area contributed by atoms with Crippen molar-refractivity contribution in [3.05, 3.63) is 41.8 Å². The lowest BCUT2D eigenvalue weighted by molar-refractivity contribution is 1.05. The zero-order valence-electron chi connectivity index (χ0n) is 8.18. The van der Waals surface area contributed by atoms with Gasteiger partial charge < -0.3 is 15.1 Å². The molecule has 2 N–H and O–H groups in total. The van der Waals surface area contributed by atoms with E-state index in [0.29, 0.717) is 11.5 Å². The van der Waals surface area contributed by atoms with Gasteiger partial charge >= 0.3 is 0 Å². The highest BCUT2D eigenvalue weighted by Crippen LogP contribution is 2.22. The summed E-state index contributed by atoms with van der Waals surface area (Å²) >= 11 is 0. The van der Waals surface area contributed by atoms with E-state index >= 15 is 0 Å². The molecule has 0 fully saturated rings. The molecule has 0 aliphatic carbocycles. The summed E-state index contributed by atoms with van der Waals surface area (Å²) in [5.41, 5.74) is 7.09. The number of aryl methyl sites for hydroxylation is 1. The number of pyridine rings is 1. The van der Waals surface area contributed by atoms with Crippen LogP contribution in [0.1, 0.15) is 5.69 Å². The van der Waals surface area contributed by atoms with Gasteiger partial charge in [0.25, 0.3) is 5.82 Å². The van der Waals surface area contributed by atoms with E-state index in [4.69, 9.17) is 12.3 Å². The molecule has 5 heteroatoms. The van der Waals surface area contributed by atoms with Gasteiger partial charge in [-0.2, -0.15) is 0 Å². The van der Waals surface area contributed by atoms with E-state index < -0.39 is 0 Å². The smallest absolute Gasteiger partial charge is 0.295 e. The maximum absolute atomic E-state index is 7.01. The Bertz CT molecular complexity index is 535. The lowest BCUT2D eigenvalue weighted by atomic mass is 10.3. The zero-order chi connectivity index (χ0) is 10.8. The molecule has 2 aromatic rings. The Labute approximate surface area is 87.0 Å². The molecular weight excluding hydrogens is 190 g/mol. The SMILES string of the molecule is [C-]#[N+]c1nc(N)ccc1-n1cnc(C)c1. The third-order valence-corrected chi connectivity index (χ3v) is 1.97. The Balaban J connectivity index is 2.58. The molecule has 2 heterocycles. The van der Waals surface area contributed by atoms with Crippen LogP contribution in [0.5, 0.6) is 0 Å². The molecule has 0 saturated carbocycles. The number of hydrogen-bond donors (Lipinski definition) is 1. The van der Waals surface area contributed by atoms with Gasteiger partial charge in [0, 0.05) is 12.3 Å². The second-order valence-corrected chi connectivity index (χ2v) is 3.11. The number of nitrogens with zero attached hydrogens (tertiary/aromatic N) is 4. The molecule has 0 saturated heterocycles. The van der Waals surface area contributed by atoms with Gasteiger partial charge in [-0.3, -0.25) is 0 Å². The van der Waals surface area contributed by atoms with Crippen LogP contribution in [0.3, 0.4) is 0 Å². The number of anilines is 1. The molecule has 2 rings (SSSR count). The van der Waals surface area contributed by atoms with Crippen molar-refractivity contribution in [2.75, 3.05) is 5.73 Å². The van der Waals surface area contributed by atoms with Gasteiger partial charge in [0.15, 0.2) is 0 Å². The highest BCUT2D eigenvalue weighted by atomic mass is 15.1. The van der Waals surface area contributed by atoms with Crippen LogP contribution < -0.4 is 5.73 Å². The summed E-state index contributed by atoms with van der Waals surface area (Å²) in [5, 5.41) is 0. The van der Waals surface area contributed by atoms with Gasteiger partial charge in [0.05, 0.1) is 17.7 Å². The van der Waals surface area contributed by atoms with E-state index in [0.717, 1.165) is 5.69 Å². The van der Waals surface area contributed by atoms with Gasteiger partial charge in [-0.25, -0.2) is 4.98 Å². The molecule has 15 heavy (non-hydrogen) atoms. The van der Waals surface area contributed by atoms with E-state index in [9.17, 15) is 0 Å². The summed E-state index contributed by atoms with van der Waals surface area (Å²) in [7, 11) is 0. The second kappa shape index (κ2) is 3.42. The molecule has 0 atom stereocenters.